The molecule has 1 aliphatic heterocycles. The predicted octanol–water partition coefficient (Wildman–Crippen LogP) is 2.47. The lowest BCUT2D eigenvalue weighted by Gasteiger charge is -2.22. The number of rotatable bonds is 3. The van der Waals surface area contributed by atoms with Gasteiger partial charge in [-0.1, -0.05) is 24.3 Å². The number of carbonyl (C=O) groups excluding carboxylic acids is 1. The summed E-state index contributed by atoms with van der Waals surface area (Å²) < 4.78 is 5.29. The van der Waals surface area contributed by atoms with Crippen LogP contribution < -0.4 is 10.6 Å². The normalized spacial score (nSPS) is 17.6. The smallest absolute Gasteiger partial charge is 0.245 e. The largest absolute Gasteiger partial charge is 0.378 e. The van der Waals surface area contributed by atoms with Crippen molar-refractivity contribution in [1.29, 1.82) is 0 Å². The van der Waals surface area contributed by atoms with Crippen molar-refractivity contribution in [3.8, 4) is 11.3 Å². The van der Waals surface area contributed by atoms with Crippen LogP contribution in [0.4, 0.5) is 5.13 Å². The maximum absolute atomic E-state index is 12.1. The van der Waals surface area contributed by atoms with Gasteiger partial charge < -0.3 is 15.4 Å². The van der Waals surface area contributed by atoms with Gasteiger partial charge in [-0.25, -0.2) is 4.98 Å². The fourth-order valence-electron chi connectivity index (χ4n) is 2.24. The van der Waals surface area contributed by atoms with Gasteiger partial charge in [-0.3, -0.25) is 4.79 Å². The minimum atomic E-state index is -0.301. The number of aromatic nitrogens is 1. The second-order valence-corrected chi connectivity index (χ2v) is 5.78. The summed E-state index contributed by atoms with van der Waals surface area (Å²) in [5.41, 5.74) is 3.15. The lowest BCUT2D eigenvalue weighted by Crippen LogP contribution is -2.48. The molecule has 2 heterocycles. The van der Waals surface area contributed by atoms with Gasteiger partial charge in [0.15, 0.2) is 5.13 Å². The number of nitrogens with zero attached hydrogens (tertiary/aromatic N) is 1. The Labute approximate surface area is 139 Å². The number of anilines is 1. The first-order chi connectivity index (χ1) is 10.2. The third kappa shape index (κ3) is 3.84. The number of nitrogens with one attached hydrogen (secondary N) is 2. The number of aryl methyl sites for hydroxylation is 1. The lowest BCUT2D eigenvalue weighted by molar-refractivity contribution is -0.120. The molecule has 1 aromatic carbocycles. The van der Waals surface area contributed by atoms with E-state index in [0.29, 0.717) is 24.9 Å². The first-order valence-corrected chi connectivity index (χ1v) is 7.75. The second kappa shape index (κ2) is 7.69. The SMILES string of the molecule is Cc1ccccc1-c1csc(NC(=O)C2COCCN2)n1.Cl. The van der Waals surface area contributed by atoms with Crippen LogP contribution in [0.1, 0.15) is 5.56 Å². The van der Waals surface area contributed by atoms with E-state index >= 15 is 0 Å². The molecule has 3 rings (SSSR count). The Morgan fingerprint density at radius 2 is 2.27 bits per heavy atom. The van der Waals surface area contributed by atoms with Crippen LogP contribution in [-0.2, 0) is 9.53 Å². The first kappa shape index (κ1) is 16.9. The summed E-state index contributed by atoms with van der Waals surface area (Å²) in [6, 6.07) is 7.78. The number of amides is 1. The zero-order valence-corrected chi connectivity index (χ0v) is 13.8. The van der Waals surface area contributed by atoms with E-state index in [2.05, 4.69) is 28.6 Å². The zero-order chi connectivity index (χ0) is 14.7. The molecule has 1 aromatic heterocycles. The summed E-state index contributed by atoms with van der Waals surface area (Å²) >= 11 is 1.43. The van der Waals surface area contributed by atoms with Gasteiger partial charge in [-0.2, -0.15) is 0 Å². The van der Waals surface area contributed by atoms with Crippen LogP contribution in [0.2, 0.25) is 0 Å². The highest BCUT2D eigenvalue weighted by molar-refractivity contribution is 7.14. The highest BCUT2D eigenvalue weighted by Crippen LogP contribution is 2.27. The molecule has 0 bridgehead atoms. The van der Waals surface area contributed by atoms with Crippen molar-refractivity contribution in [3.05, 3.63) is 35.2 Å². The minimum Gasteiger partial charge on any atom is -0.378 e. The van der Waals surface area contributed by atoms with Crippen molar-refractivity contribution >= 4 is 34.8 Å². The number of thiazole rings is 1. The molecule has 0 spiro atoms. The third-order valence-corrected chi connectivity index (χ3v) is 4.15. The third-order valence-electron chi connectivity index (χ3n) is 3.39. The van der Waals surface area contributed by atoms with E-state index in [1.54, 1.807) is 0 Å². The van der Waals surface area contributed by atoms with E-state index in [1.807, 2.05) is 23.6 Å². The maximum Gasteiger partial charge on any atom is 0.245 e. The van der Waals surface area contributed by atoms with Crippen molar-refractivity contribution in [2.45, 2.75) is 13.0 Å². The topological polar surface area (TPSA) is 63.2 Å². The molecule has 1 aliphatic rings. The quantitative estimate of drug-likeness (QED) is 0.901. The lowest BCUT2D eigenvalue weighted by atomic mass is 10.1. The number of halogens is 1. The minimum absolute atomic E-state index is 0. The molecule has 1 fully saturated rings. The van der Waals surface area contributed by atoms with Crippen molar-refractivity contribution in [3.63, 3.8) is 0 Å². The molecule has 1 amide bonds. The number of morpholine rings is 1. The fraction of sp³-hybridized carbons (Fsp3) is 0.333. The van der Waals surface area contributed by atoms with Gasteiger partial charge in [0, 0.05) is 17.5 Å². The van der Waals surface area contributed by atoms with Crippen molar-refractivity contribution in [2.24, 2.45) is 0 Å². The van der Waals surface area contributed by atoms with Gasteiger partial charge in [0.2, 0.25) is 5.91 Å². The molecular weight excluding hydrogens is 322 g/mol. The molecular formula is C15H18ClN3O2S. The molecule has 0 aliphatic carbocycles. The van der Waals surface area contributed by atoms with Crippen LogP contribution in [-0.4, -0.2) is 36.7 Å². The average molecular weight is 340 g/mol. The van der Waals surface area contributed by atoms with Gasteiger partial charge in [-0.05, 0) is 12.5 Å². The maximum atomic E-state index is 12.1. The molecule has 0 radical (unpaired) electrons. The summed E-state index contributed by atoms with van der Waals surface area (Å²) in [4.78, 5) is 16.6. The summed E-state index contributed by atoms with van der Waals surface area (Å²) in [6.45, 7) is 3.81. The molecule has 0 saturated carbocycles. The Hall–Kier alpha value is -1.47. The van der Waals surface area contributed by atoms with E-state index in [0.717, 1.165) is 11.3 Å². The predicted molar refractivity (Wildman–Crippen MR) is 90.8 cm³/mol. The molecule has 1 atom stereocenters. The molecule has 1 saturated heterocycles. The van der Waals surface area contributed by atoms with E-state index in [-0.39, 0.29) is 24.4 Å². The molecule has 7 heteroatoms. The number of hydrogen-bond acceptors (Lipinski definition) is 5. The van der Waals surface area contributed by atoms with Gasteiger partial charge in [0.05, 0.1) is 18.9 Å². The van der Waals surface area contributed by atoms with Gasteiger partial charge >= 0.3 is 0 Å². The molecule has 118 valence electrons. The monoisotopic (exact) mass is 339 g/mol. The molecule has 1 unspecified atom stereocenters. The highest BCUT2D eigenvalue weighted by Gasteiger charge is 2.22. The number of hydrogen-bond donors (Lipinski definition) is 2. The first-order valence-electron chi connectivity index (χ1n) is 6.87. The van der Waals surface area contributed by atoms with Crippen LogP contribution in [0.25, 0.3) is 11.3 Å². The second-order valence-electron chi connectivity index (χ2n) is 4.92. The summed E-state index contributed by atoms with van der Waals surface area (Å²) in [7, 11) is 0. The molecule has 5 nitrogen and oxygen atoms in total. The van der Waals surface area contributed by atoms with E-state index in [4.69, 9.17) is 4.74 Å². The van der Waals surface area contributed by atoms with Gasteiger partial charge in [0.25, 0.3) is 0 Å². The summed E-state index contributed by atoms with van der Waals surface area (Å²) in [6.07, 6.45) is 0. The van der Waals surface area contributed by atoms with E-state index in [1.165, 1.54) is 16.9 Å². The molecule has 2 N–H and O–H groups in total. The van der Waals surface area contributed by atoms with Crippen molar-refractivity contribution < 1.29 is 9.53 Å². The zero-order valence-electron chi connectivity index (χ0n) is 12.2. The Morgan fingerprint density at radius 3 is 3.00 bits per heavy atom. The Kier molecular flexibility index (Phi) is 5.90. The summed E-state index contributed by atoms with van der Waals surface area (Å²) in [5.74, 6) is -0.0969. The Balaban J connectivity index is 0.00000176. The Morgan fingerprint density at radius 1 is 1.45 bits per heavy atom. The molecule has 2 aromatic rings. The molecule has 22 heavy (non-hydrogen) atoms. The van der Waals surface area contributed by atoms with E-state index in [9.17, 15) is 4.79 Å². The van der Waals surface area contributed by atoms with Crippen LogP contribution in [0, 0.1) is 6.92 Å². The van der Waals surface area contributed by atoms with Crippen molar-refractivity contribution in [1.82, 2.24) is 10.3 Å². The number of ether oxygens (including phenoxy) is 1. The van der Waals surface area contributed by atoms with Gasteiger partial charge in [0.1, 0.15) is 6.04 Å². The number of benzene rings is 1. The average Bonchev–Trinajstić information content (AvgIpc) is 2.97. The van der Waals surface area contributed by atoms with Gasteiger partial charge in [-0.15, -0.1) is 23.7 Å². The summed E-state index contributed by atoms with van der Waals surface area (Å²) in [5, 5.41) is 8.55. The fourth-order valence-corrected chi connectivity index (χ4v) is 2.95. The van der Waals surface area contributed by atoms with E-state index < -0.39 is 0 Å². The van der Waals surface area contributed by atoms with Crippen LogP contribution in [0.3, 0.4) is 0 Å². The Bertz CT molecular complexity index is 641. The number of carbonyl (C=O) groups is 1. The van der Waals surface area contributed by atoms with Crippen LogP contribution in [0.5, 0.6) is 0 Å². The highest BCUT2D eigenvalue weighted by atomic mass is 35.5. The van der Waals surface area contributed by atoms with Crippen molar-refractivity contribution in [2.75, 3.05) is 25.1 Å². The van der Waals surface area contributed by atoms with Crippen LogP contribution in [0.15, 0.2) is 29.6 Å². The van der Waals surface area contributed by atoms with Crippen LogP contribution >= 0.6 is 23.7 Å². The standard InChI is InChI=1S/C15H17N3O2S.ClH/c1-10-4-2-3-5-11(10)13-9-21-15(17-13)18-14(19)12-8-20-7-6-16-12;/h2-5,9,12,16H,6-8H2,1H3,(H,17,18,19);1H.